The lowest BCUT2D eigenvalue weighted by Crippen LogP contribution is -2.60. The van der Waals surface area contributed by atoms with Crippen LogP contribution in [0.3, 0.4) is 0 Å². The average Bonchev–Trinajstić information content (AvgIpc) is 2.79. The van der Waals surface area contributed by atoms with Gasteiger partial charge in [-0.05, 0) is 43.4 Å². The molecule has 1 atom stereocenters. The van der Waals surface area contributed by atoms with E-state index in [2.05, 4.69) is 26.9 Å². The first-order valence-corrected chi connectivity index (χ1v) is 11.1. The summed E-state index contributed by atoms with van der Waals surface area (Å²) in [6.45, 7) is 5.29. The highest BCUT2D eigenvalue weighted by atomic mass is 16.3. The maximum atomic E-state index is 13.1. The molecule has 160 valence electrons. The van der Waals surface area contributed by atoms with Gasteiger partial charge in [-0.1, -0.05) is 36.4 Å². The number of aryl methyl sites for hydroxylation is 1. The van der Waals surface area contributed by atoms with E-state index in [1.165, 1.54) is 5.56 Å². The van der Waals surface area contributed by atoms with E-state index in [-0.39, 0.29) is 5.91 Å². The topological polar surface area (TPSA) is 59.9 Å². The quantitative estimate of drug-likeness (QED) is 0.761. The van der Waals surface area contributed by atoms with E-state index in [9.17, 15) is 9.90 Å². The van der Waals surface area contributed by atoms with Crippen molar-refractivity contribution in [1.82, 2.24) is 14.8 Å². The Balaban J connectivity index is 1.27. The van der Waals surface area contributed by atoms with Crippen molar-refractivity contribution in [1.29, 1.82) is 0 Å². The number of nitrogens with zero attached hydrogens (tertiary/aromatic N) is 4. The Bertz CT molecular complexity index is 808. The highest BCUT2D eigenvalue weighted by Crippen LogP contribution is 2.25. The summed E-state index contributed by atoms with van der Waals surface area (Å²) in [7, 11) is 0. The molecule has 2 saturated heterocycles. The number of aromatic nitrogens is 1. The zero-order valence-electron chi connectivity index (χ0n) is 17.6. The van der Waals surface area contributed by atoms with Gasteiger partial charge >= 0.3 is 0 Å². The molecular weight excluding hydrogens is 376 g/mol. The van der Waals surface area contributed by atoms with Crippen LogP contribution >= 0.6 is 0 Å². The molecule has 6 nitrogen and oxygen atoms in total. The minimum Gasteiger partial charge on any atom is -0.379 e. The number of anilines is 1. The number of β-amino-alcohol motifs (C(OH)–C–C–N with tert-alkyl or cyclic N) is 1. The van der Waals surface area contributed by atoms with E-state index in [1.54, 1.807) is 0 Å². The third kappa shape index (κ3) is 4.99. The van der Waals surface area contributed by atoms with Crippen LogP contribution in [0, 0.1) is 0 Å². The molecule has 0 aliphatic carbocycles. The molecule has 2 fully saturated rings. The van der Waals surface area contributed by atoms with Gasteiger partial charge in [0.05, 0.1) is 0 Å². The number of pyridine rings is 1. The molecule has 2 aromatic rings. The molecule has 1 aromatic heterocycles. The van der Waals surface area contributed by atoms with Crippen molar-refractivity contribution in [3.63, 3.8) is 0 Å². The van der Waals surface area contributed by atoms with Crippen LogP contribution in [0.1, 0.15) is 24.8 Å². The van der Waals surface area contributed by atoms with Crippen LogP contribution in [0.4, 0.5) is 5.82 Å². The van der Waals surface area contributed by atoms with Crippen LogP contribution in [0.2, 0.25) is 0 Å². The summed E-state index contributed by atoms with van der Waals surface area (Å²) in [5.41, 5.74) is 0.0426. The lowest BCUT2D eigenvalue weighted by molar-refractivity contribution is -0.159. The first kappa shape index (κ1) is 20.8. The maximum Gasteiger partial charge on any atom is 0.255 e. The molecular formula is C24H32N4O2. The predicted octanol–water partition coefficient (Wildman–Crippen LogP) is 2.19. The third-order valence-corrected chi connectivity index (χ3v) is 6.27. The van der Waals surface area contributed by atoms with Crippen molar-refractivity contribution < 1.29 is 9.90 Å². The highest BCUT2D eigenvalue weighted by Gasteiger charge is 2.43. The summed E-state index contributed by atoms with van der Waals surface area (Å²) < 4.78 is 0. The van der Waals surface area contributed by atoms with Crippen LogP contribution in [0.15, 0.2) is 54.7 Å². The van der Waals surface area contributed by atoms with Gasteiger partial charge in [-0.25, -0.2) is 4.98 Å². The lowest BCUT2D eigenvalue weighted by atomic mass is 9.90. The number of benzene rings is 1. The number of hydrogen-bond donors (Lipinski definition) is 1. The van der Waals surface area contributed by atoms with Crippen LogP contribution < -0.4 is 4.90 Å². The van der Waals surface area contributed by atoms with Crippen molar-refractivity contribution in [3.8, 4) is 0 Å². The SMILES string of the molecule is O=C1N(CCCc2ccccc2)CCC[C@@]1(O)CN1CCN(c2ccccn2)CC1. The number of rotatable bonds is 7. The second kappa shape index (κ2) is 9.58. The molecule has 2 aliphatic rings. The Hall–Kier alpha value is -2.44. The Morgan fingerprint density at radius 3 is 2.47 bits per heavy atom. The van der Waals surface area contributed by atoms with Crippen molar-refractivity contribution >= 4 is 11.7 Å². The minimum absolute atomic E-state index is 0.0889. The van der Waals surface area contributed by atoms with Gasteiger partial charge in [-0.3, -0.25) is 9.69 Å². The van der Waals surface area contributed by atoms with Crippen LogP contribution in [0.5, 0.6) is 0 Å². The first-order chi connectivity index (χ1) is 14.6. The summed E-state index contributed by atoms with van der Waals surface area (Å²) >= 11 is 0. The maximum absolute atomic E-state index is 13.1. The van der Waals surface area contributed by atoms with Gasteiger partial charge in [-0.2, -0.15) is 0 Å². The second-order valence-corrected chi connectivity index (χ2v) is 8.47. The number of piperazine rings is 1. The Labute approximate surface area is 179 Å². The molecule has 0 saturated carbocycles. The Kier molecular flexibility index (Phi) is 6.65. The highest BCUT2D eigenvalue weighted by molar-refractivity contribution is 5.86. The number of likely N-dealkylation sites (tertiary alicyclic amines) is 1. The predicted molar refractivity (Wildman–Crippen MR) is 118 cm³/mol. The summed E-state index contributed by atoms with van der Waals surface area (Å²) in [6.07, 6.45) is 5.12. The molecule has 4 rings (SSSR count). The van der Waals surface area contributed by atoms with E-state index < -0.39 is 5.60 Å². The van der Waals surface area contributed by atoms with Crippen molar-refractivity contribution in [2.75, 3.05) is 50.7 Å². The van der Waals surface area contributed by atoms with E-state index in [1.807, 2.05) is 47.5 Å². The van der Waals surface area contributed by atoms with Gasteiger partial charge in [0.1, 0.15) is 5.82 Å². The summed E-state index contributed by atoms with van der Waals surface area (Å²) in [4.78, 5) is 23.9. The molecule has 2 aliphatic heterocycles. The molecule has 1 aromatic carbocycles. The van der Waals surface area contributed by atoms with Crippen LogP contribution in [0.25, 0.3) is 0 Å². The van der Waals surface area contributed by atoms with Crippen LogP contribution in [-0.4, -0.2) is 77.2 Å². The fraction of sp³-hybridized carbons (Fsp3) is 0.500. The molecule has 1 N–H and O–H groups in total. The summed E-state index contributed by atoms with van der Waals surface area (Å²) in [5.74, 6) is 0.906. The smallest absolute Gasteiger partial charge is 0.255 e. The van der Waals surface area contributed by atoms with Crippen molar-refractivity contribution in [2.24, 2.45) is 0 Å². The fourth-order valence-corrected chi connectivity index (χ4v) is 4.59. The number of aliphatic hydroxyl groups is 1. The monoisotopic (exact) mass is 408 g/mol. The second-order valence-electron chi connectivity index (χ2n) is 8.47. The van der Waals surface area contributed by atoms with Gasteiger partial charge in [0.15, 0.2) is 5.60 Å². The zero-order valence-corrected chi connectivity index (χ0v) is 17.6. The van der Waals surface area contributed by atoms with Crippen molar-refractivity contribution in [2.45, 2.75) is 31.3 Å². The van der Waals surface area contributed by atoms with Gasteiger partial charge in [0.25, 0.3) is 5.91 Å². The van der Waals surface area contributed by atoms with Crippen molar-refractivity contribution in [3.05, 3.63) is 60.3 Å². The third-order valence-electron chi connectivity index (χ3n) is 6.27. The molecule has 0 bridgehead atoms. The van der Waals surface area contributed by atoms with Gasteiger partial charge < -0.3 is 14.9 Å². The number of carbonyl (C=O) groups is 1. The molecule has 6 heteroatoms. The Morgan fingerprint density at radius 2 is 1.73 bits per heavy atom. The number of carbonyl (C=O) groups excluding carboxylic acids is 1. The molecule has 30 heavy (non-hydrogen) atoms. The number of amides is 1. The minimum atomic E-state index is -1.25. The molecule has 3 heterocycles. The van der Waals surface area contributed by atoms with E-state index in [0.29, 0.717) is 19.5 Å². The number of hydrogen-bond acceptors (Lipinski definition) is 5. The molecule has 0 spiro atoms. The van der Waals surface area contributed by atoms with Gasteiger partial charge in [0, 0.05) is 52.0 Å². The van der Waals surface area contributed by atoms with E-state index in [0.717, 1.165) is 57.8 Å². The van der Waals surface area contributed by atoms with Gasteiger partial charge in [-0.15, -0.1) is 0 Å². The standard InChI is InChI=1S/C24H32N4O2/c29-23-24(30,12-7-15-28(23)14-6-10-21-8-2-1-3-9-21)20-26-16-18-27(19-17-26)22-11-4-5-13-25-22/h1-5,8-9,11,13,30H,6-7,10,12,14-20H2/t24-/m1/s1. The largest absolute Gasteiger partial charge is 0.379 e. The normalized spacial score (nSPS) is 23.0. The molecule has 1 amide bonds. The lowest BCUT2D eigenvalue weighted by Gasteiger charge is -2.43. The molecule has 0 unspecified atom stereocenters. The Morgan fingerprint density at radius 1 is 0.967 bits per heavy atom. The van der Waals surface area contributed by atoms with Crippen LogP contribution in [-0.2, 0) is 11.2 Å². The average molecular weight is 409 g/mol. The summed E-state index contributed by atoms with van der Waals surface area (Å²) in [6, 6.07) is 16.3. The zero-order chi connectivity index (χ0) is 20.8. The van der Waals surface area contributed by atoms with E-state index in [4.69, 9.17) is 0 Å². The fourth-order valence-electron chi connectivity index (χ4n) is 4.59. The molecule has 0 radical (unpaired) electrons. The summed E-state index contributed by atoms with van der Waals surface area (Å²) in [5, 5.41) is 11.2. The van der Waals surface area contributed by atoms with Gasteiger partial charge in [0.2, 0.25) is 0 Å². The van der Waals surface area contributed by atoms with E-state index >= 15 is 0 Å². The number of piperidine rings is 1. The first-order valence-electron chi connectivity index (χ1n) is 11.1.